The summed E-state index contributed by atoms with van der Waals surface area (Å²) in [6.07, 6.45) is 2.86. The largest absolute Gasteiger partial charge is 0.354 e. The minimum atomic E-state index is -0.198. The molecule has 4 aromatic rings. The highest BCUT2D eigenvalue weighted by atomic mass is 19.1. The number of nitrogens with one attached hydrogen (secondary N) is 1. The second kappa shape index (κ2) is 6.69. The van der Waals surface area contributed by atoms with Gasteiger partial charge < -0.3 is 10.7 Å². The van der Waals surface area contributed by atoms with Crippen LogP contribution >= 0.6 is 0 Å². The van der Waals surface area contributed by atoms with Gasteiger partial charge in [-0.1, -0.05) is 36.4 Å². The molecule has 1 aromatic heterocycles. The Labute approximate surface area is 146 Å². The van der Waals surface area contributed by atoms with E-state index in [0.717, 1.165) is 41.4 Å². The van der Waals surface area contributed by atoms with Crippen LogP contribution in [0.1, 0.15) is 18.4 Å². The first-order valence-corrected chi connectivity index (χ1v) is 8.75. The van der Waals surface area contributed by atoms with Crippen molar-refractivity contribution in [3.8, 4) is 11.3 Å². The maximum Gasteiger partial charge on any atom is 0.123 e. The molecule has 3 aromatic carbocycles. The monoisotopic (exact) mass is 332 g/mol. The molecule has 0 aliphatic heterocycles. The minimum absolute atomic E-state index is 0.198. The van der Waals surface area contributed by atoms with Crippen molar-refractivity contribution in [1.29, 1.82) is 0 Å². The number of aryl methyl sites for hydroxylation is 1. The van der Waals surface area contributed by atoms with Crippen LogP contribution in [0, 0.1) is 5.82 Å². The van der Waals surface area contributed by atoms with Crippen molar-refractivity contribution in [2.45, 2.75) is 19.3 Å². The number of aromatic nitrogens is 1. The van der Waals surface area contributed by atoms with Crippen LogP contribution in [0.25, 0.3) is 32.9 Å². The van der Waals surface area contributed by atoms with Crippen molar-refractivity contribution in [3.05, 3.63) is 72.0 Å². The van der Waals surface area contributed by atoms with E-state index in [4.69, 9.17) is 5.73 Å². The Balaban J connectivity index is 1.87. The SMILES string of the molecule is NCCCCc1c(-c2ccc3ccccc3c2)[nH]c2ccc(F)cc12. The molecule has 0 bridgehead atoms. The maximum absolute atomic E-state index is 13.8. The predicted molar refractivity (Wildman–Crippen MR) is 103 cm³/mol. The number of fused-ring (bicyclic) bond motifs is 2. The number of H-pyrrole nitrogens is 1. The van der Waals surface area contributed by atoms with Crippen molar-refractivity contribution in [3.63, 3.8) is 0 Å². The fraction of sp³-hybridized carbons (Fsp3) is 0.182. The summed E-state index contributed by atoms with van der Waals surface area (Å²) >= 11 is 0. The third-order valence-electron chi connectivity index (χ3n) is 4.79. The first-order chi connectivity index (χ1) is 12.3. The van der Waals surface area contributed by atoms with E-state index in [-0.39, 0.29) is 5.82 Å². The van der Waals surface area contributed by atoms with Crippen LogP contribution in [0.15, 0.2) is 60.7 Å². The fourth-order valence-electron chi connectivity index (χ4n) is 3.52. The second-order valence-corrected chi connectivity index (χ2v) is 6.48. The Morgan fingerprint density at radius 3 is 2.56 bits per heavy atom. The molecule has 0 spiro atoms. The number of aromatic amines is 1. The first-order valence-electron chi connectivity index (χ1n) is 8.75. The molecule has 0 aliphatic carbocycles. The summed E-state index contributed by atoms with van der Waals surface area (Å²) in [6, 6.07) is 19.8. The lowest BCUT2D eigenvalue weighted by Crippen LogP contribution is -1.99. The van der Waals surface area contributed by atoms with Crippen LogP contribution in [0.4, 0.5) is 4.39 Å². The first kappa shape index (κ1) is 15.9. The van der Waals surface area contributed by atoms with Crippen molar-refractivity contribution < 1.29 is 4.39 Å². The van der Waals surface area contributed by atoms with E-state index in [0.29, 0.717) is 6.54 Å². The topological polar surface area (TPSA) is 41.8 Å². The molecule has 3 heteroatoms. The Hall–Kier alpha value is -2.65. The highest BCUT2D eigenvalue weighted by Crippen LogP contribution is 2.33. The minimum Gasteiger partial charge on any atom is -0.354 e. The second-order valence-electron chi connectivity index (χ2n) is 6.48. The van der Waals surface area contributed by atoms with Gasteiger partial charge in [0.1, 0.15) is 5.82 Å². The third-order valence-corrected chi connectivity index (χ3v) is 4.79. The smallest absolute Gasteiger partial charge is 0.123 e. The lowest BCUT2D eigenvalue weighted by atomic mass is 9.98. The lowest BCUT2D eigenvalue weighted by molar-refractivity contribution is 0.629. The molecule has 0 unspecified atom stereocenters. The van der Waals surface area contributed by atoms with E-state index in [1.165, 1.54) is 22.4 Å². The van der Waals surface area contributed by atoms with Crippen LogP contribution in [-0.4, -0.2) is 11.5 Å². The zero-order chi connectivity index (χ0) is 17.2. The molecule has 0 fully saturated rings. The highest BCUT2D eigenvalue weighted by molar-refractivity contribution is 5.93. The van der Waals surface area contributed by atoms with Gasteiger partial charge in [-0.3, -0.25) is 0 Å². The van der Waals surface area contributed by atoms with Crippen molar-refractivity contribution in [1.82, 2.24) is 4.98 Å². The molecular formula is C22H21FN2. The molecule has 4 rings (SSSR count). The summed E-state index contributed by atoms with van der Waals surface area (Å²) in [7, 11) is 0. The average Bonchev–Trinajstić information content (AvgIpc) is 2.99. The number of unbranched alkanes of at least 4 members (excludes halogenated alkanes) is 1. The molecule has 0 aliphatic rings. The molecule has 0 saturated heterocycles. The van der Waals surface area contributed by atoms with Crippen LogP contribution in [-0.2, 0) is 6.42 Å². The van der Waals surface area contributed by atoms with E-state index in [2.05, 4.69) is 41.4 Å². The number of hydrogen-bond donors (Lipinski definition) is 2. The van der Waals surface area contributed by atoms with Gasteiger partial charge in [0.25, 0.3) is 0 Å². The third kappa shape index (κ3) is 3.03. The molecular weight excluding hydrogens is 311 g/mol. The van der Waals surface area contributed by atoms with Crippen molar-refractivity contribution >= 4 is 21.7 Å². The number of rotatable bonds is 5. The highest BCUT2D eigenvalue weighted by Gasteiger charge is 2.14. The summed E-state index contributed by atoms with van der Waals surface area (Å²) < 4.78 is 13.8. The van der Waals surface area contributed by atoms with Crippen molar-refractivity contribution in [2.75, 3.05) is 6.54 Å². The van der Waals surface area contributed by atoms with E-state index < -0.39 is 0 Å². The van der Waals surface area contributed by atoms with Gasteiger partial charge in [0, 0.05) is 16.6 Å². The summed E-state index contributed by atoms with van der Waals surface area (Å²) in [5.74, 6) is -0.198. The molecule has 25 heavy (non-hydrogen) atoms. The number of hydrogen-bond acceptors (Lipinski definition) is 1. The van der Waals surface area contributed by atoms with Gasteiger partial charge in [-0.05, 0) is 72.0 Å². The van der Waals surface area contributed by atoms with E-state index >= 15 is 0 Å². The molecule has 1 heterocycles. The Morgan fingerprint density at radius 2 is 1.72 bits per heavy atom. The summed E-state index contributed by atoms with van der Waals surface area (Å²) in [5, 5.41) is 3.40. The van der Waals surface area contributed by atoms with Crippen molar-refractivity contribution in [2.24, 2.45) is 5.73 Å². The molecule has 0 atom stereocenters. The van der Waals surface area contributed by atoms with Crippen LogP contribution in [0.3, 0.4) is 0 Å². The Morgan fingerprint density at radius 1 is 0.880 bits per heavy atom. The van der Waals surface area contributed by atoms with Gasteiger partial charge in [0.2, 0.25) is 0 Å². The molecule has 126 valence electrons. The zero-order valence-corrected chi connectivity index (χ0v) is 14.1. The number of nitrogens with two attached hydrogens (primary N) is 1. The molecule has 0 amide bonds. The van der Waals surface area contributed by atoms with Gasteiger partial charge in [0.05, 0.1) is 0 Å². The van der Waals surface area contributed by atoms with E-state index in [1.54, 1.807) is 6.07 Å². The number of halogens is 1. The van der Waals surface area contributed by atoms with Gasteiger partial charge in [0.15, 0.2) is 0 Å². The van der Waals surface area contributed by atoms with Crippen LogP contribution in [0.2, 0.25) is 0 Å². The van der Waals surface area contributed by atoms with E-state index in [9.17, 15) is 4.39 Å². The Bertz CT molecular complexity index is 1030. The van der Waals surface area contributed by atoms with Gasteiger partial charge >= 0.3 is 0 Å². The van der Waals surface area contributed by atoms with Gasteiger partial charge in [-0.25, -0.2) is 4.39 Å². The van der Waals surface area contributed by atoms with Crippen LogP contribution < -0.4 is 5.73 Å². The van der Waals surface area contributed by atoms with Crippen LogP contribution in [0.5, 0.6) is 0 Å². The zero-order valence-electron chi connectivity index (χ0n) is 14.1. The maximum atomic E-state index is 13.8. The summed E-state index contributed by atoms with van der Waals surface area (Å²) in [6.45, 7) is 0.683. The molecule has 3 N–H and O–H groups in total. The number of benzene rings is 3. The van der Waals surface area contributed by atoms with Gasteiger partial charge in [-0.2, -0.15) is 0 Å². The molecule has 0 saturated carbocycles. The normalized spacial score (nSPS) is 11.4. The summed E-state index contributed by atoms with van der Waals surface area (Å²) in [5.41, 5.74) is 10.0. The molecule has 0 radical (unpaired) electrons. The predicted octanol–water partition coefficient (Wildman–Crippen LogP) is 5.41. The standard InChI is InChI=1S/C22H21FN2/c23-18-10-11-21-20(14-18)19(7-3-4-12-24)22(25-21)17-9-8-15-5-1-2-6-16(15)13-17/h1-2,5-6,8-11,13-14,25H,3-4,7,12,24H2. The summed E-state index contributed by atoms with van der Waals surface area (Å²) in [4.78, 5) is 3.50. The quantitative estimate of drug-likeness (QED) is 0.472. The Kier molecular flexibility index (Phi) is 4.24. The average molecular weight is 332 g/mol. The lowest BCUT2D eigenvalue weighted by Gasteiger charge is -2.07. The fourth-order valence-corrected chi connectivity index (χ4v) is 3.52. The van der Waals surface area contributed by atoms with Gasteiger partial charge in [-0.15, -0.1) is 0 Å². The molecule has 2 nitrogen and oxygen atoms in total. The van der Waals surface area contributed by atoms with E-state index in [1.807, 2.05) is 12.1 Å².